The second kappa shape index (κ2) is 4.90. The Kier molecular flexibility index (Phi) is 3.47. The normalized spacial score (nSPS) is 15.6. The number of nitrogens with zero attached hydrogens (tertiary/aromatic N) is 3. The SMILES string of the molecule is NS(=O)(=O)c1nnc(-c2cc(Br)cc(Br)c2)n1C1CC1. The lowest BCUT2D eigenvalue weighted by Crippen LogP contribution is -2.18. The van der Waals surface area contributed by atoms with Gasteiger partial charge in [0.05, 0.1) is 0 Å². The summed E-state index contributed by atoms with van der Waals surface area (Å²) in [6.07, 6.45) is 1.81. The summed E-state index contributed by atoms with van der Waals surface area (Å²) >= 11 is 6.81. The molecule has 1 aromatic heterocycles. The molecule has 1 aliphatic carbocycles. The van der Waals surface area contributed by atoms with Crippen molar-refractivity contribution < 1.29 is 8.42 Å². The molecule has 1 aromatic carbocycles. The number of primary sulfonamides is 1. The minimum atomic E-state index is -3.88. The predicted molar refractivity (Wildman–Crippen MR) is 80.5 cm³/mol. The van der Waals surface area contributed by atoms with Crippen LogP contribution in [0.2, 0.25) is 0 Å². The second-order valence-corrected chi connectivity index (χ2v) is 7.90. The summed E-state index contributed by atoms with van der Waals surface area (Å²) < 4.78 is 26.5. The van der Waals surface area contributed by atoms with Crippen LogP contribution in [-0.4, -0.2) is 23.2 Å². The van der Waals surface area contributed by atoms with Crippen molar-refractivity contribution in [2.24, 2.45) is 5.14 Å². The van der Waals surface area contributed by atoms with E-state index in [-0.39, 0.29) is 11.2 Å². The molecule has 3 rings (SSSR count). The molecule has 106 valence electrons. The molecular formula is C11H10Br2N4O2S. The Morgan fingerprint density at radius 1 is 1.15 bits per heavy atom. The highest BCUT2D eigenvalue weighted by molar-refractivity contribution is 9.11. The van der Waals surface area contributed by atoms with Gasteiger partial charge in [-0.05, 0) is 31.0 Å². The van der Waals surface area contributed by atoms with E-state index in [0.29, 0.717) is 5.82 Å². The van der Waals surface area contributed by atoms with Crippen LogP contribution < -0.4 is 5.14 Å². The fourth-order valence-corrected chi connectivity index (χ4v) is 3.97. The minimum absolute atomic E-state index is 0.103. The van der Waals surface area contributed by atoms with Crippen molar-refractivity contribution in [3.8, 4) is 11.4 Å². The van der Waals surface area contributed by atoms with Gasteiger partial charge in [-0.25, -0.2) is 13.6 Å². The highest BCUT2D eigenvalue weighted by atomic mass is 79.9. The molecule has 0 amide bonds. The molecule has 1 fully saturated rings. The predicted octanol–water partition coefficient (Wildman–Crippen LogP) is 2.45. The van der Waals surface area contributed by atoms with E-state index < -0.39 is 10.0 Å². The van der Waals surface area contributed by atoms with Crippen molar-refractivity contribution in [3.63, 3.8) is 0 Å². The maximum absolute atomic E-state index is 11.6. The molecule has 1 saturated carbocycles. The summed E-state index contributed by atoms with van der Waals surface area (Å²) in [5.41, 5.74) is 0.778. The van der Waals surface area contributed by atoms with Crippen LogP contribution >= 0.6 is 31.9 Å². The molecule has 1 aliphatic rings. The number of aromatic nitrogens is 3. The zero-order chi connectivity index (χ0) is 14.5. The van der Waals surface area contributed by atoms with Crippen molar-refractivity contribution in [2.75, 3.05) is 0 Å². The van der Waals surface area contributed by atoms with Crippen molar-refractivity contribution in [1.82, 2.24) is 14.8 Å². The summed E-state index contributed by atoms with van der Waals surface area (Å²) in [5.74, 6) is 0.513. The summed E-state index contributed by atoms with van der Waals surface area (Å²) in [7, 11) is -3.88. The zero-order valence-corrected chi connectivity index (χ0v) is 14.1. The molecule has 1 heterocycles. The van der Waals surface area contributed by atoms with Gasteiger partial charge in [0.25, 0.3) is 15.2 Å². The molecule has 9 heteroatoms. The Balaban J connectivity index is 2.22. The van der Waals surface area contributed by atoms with Crippen molar-refractivity contribution in [1.29, 1.82) is 0 Å². The first-order valence-electron chi connectivity index (χ1n) is 5.80. The highest BCUT2D eigenvalue weighted by Crippen LogP contribution is 2.40. The van der Waals surface area contributed by atoms with Crippen LogP contribution in [0.4, 0.5) is 0 Å². The monoisotopic (exact) mass is 420 g/mol. The number of hydrogen-bond donors (Lipinski definition) is 1. The van der Waals surface area contributed by atoms with Crippen LogP contribution in [0.3, 0.4) is 0 Å². The van der Waals surface area contributed by atoms with Crippen LogP contribution in [-0.2, 0) is 10.0 Å². The Hall–Kier alpha value is -0.770. The number of sulfonamides is 1. The van der Waals surface area contributed by atoms with Crippen LogP contribution in [0, 0.1) is 0 Å². The van der Waals surface area contributed by atoms with Crippen LogP contribution in [0.25, 0.3) is 11.4 Å². The van der Waals surface area contributed by atoms with Gasteiger partial charge < -0.3 is 0 Å². The van der Waals surface area contributed by atoms with Gasteiger partial charge in [0.2, 0.25) is 0 Å². The van der Waals surface area contributed by atoms with Gasteiger partial charge in [-0.2, -0.15) is 0 Å². The van der Waals surface area contributed by atoms with E-state index in [0.717, 1.165) is 27.4 Å². The largest absolute Gasteiger partial charge is 0.294 e. The van der Waals surface area contributed by atoms with E-state index in [1.807, 2.05) is 18.2 Å². The first-order chi connectivity index (χ1) is 9.36. The van der Waals surface area contributed by atoms with Gasteiger partial charge in [-0.15, -0.1) is 10.2 Å². The molecule has 2 aromatic rings. The Morgan fingerprint density at radius 3 is 2.25 bits per heavy atom. The van der Waals surface area contributed by atoms with E-state index in [4.69, 9.17) is 5.14 Å². The van der Waals surface area contributed by atoms with Gasteiger partial charge in [-0.3, -0.25) is 4.57 Å². The summed E-state index contributed by atoms with van der Waals surface area (Å²) in [4.78, 5) is 0. The van der Waals surface area contributed by atoms with Gasteiger partial charge in [-0.1, -0.05) is 31.9 Å². The maximum Gasteiger partial charge on any atom is 0.273 e. The van der Waals surface area contributed by atoms with Crippen LogP contribution in [0.15, 0.2) is 32.3 Å². The fraction of sp³-hybridized carbons (Fsp3) is 0.273. The first kappa shape index (κ1) is 14.2. The van der Waals surface area contributed by atoms with E-state index in [2.05, 4.69) is 42.1 Å². The number of halogens is 2. The molecule has 0 radical (unpaired) electrons. The average Bonchev–Trinajstić information content (AvgIpc) is 3.04. The first-order valence-corrected chi connectivity index (χ1v) is 8.93. The third-order valence-electron chi connectivity index (χ3n) is 2.95. The molecule has 20 heavy (non-hydrogen) atoms. The van der Waals surface area contributed by atoms with Crippen LogP contribution in [0.5, 0.6) is 0 Å². The second-order valence-electron chi connectivity index (χ2n) is 4.61. The van der Waals surface area contributed by atoms with Gasteiger partial charge in [0.1, 0.15) is 0 Å². The zero-order valence-electron chi connectivity index (χ0n) is 10.1. The molecule has 0 bridgehead atoms. The van der Waals surface area contributed by atoms with Gasteiger partial charge in [0.15, 0.2) is 5.82 Å². The summed E-state index contributed by atoms with van der Waals surface area (Å²) in [6, 6.07) is 5.72. The molecule has 0 spiro atoms. The number of nitrogens with two attached hydrogens (primary N) is 1. The highest BCUT2D eigenvalue weighted by Gasteiger charge is 2.33. The molecule has 0 saturated heterocycles. The number of rotatable bonds is 3. The number of hydrogen-bond acceptors (Lipinski definition) is 4. The quantitative estimate of drug-likeness (QED) is 0.823. The fourth-order valence-electron chi connectivity index (χ4n) is 2.01. The summed E-state index contributed by atoms with van der Waals surface area (Å²) in [5, 5.41) is 12.8. The van der Waals surface area contributed by atoms with Crippen molar-refractivity contribution in [3.05, 3.63) is 27.1 Å². The molecule has 6 nitrogen and oxygen atoms in total. The lowest BCUT2D eigenvalue weighted by Gasteiger charge is -2.08. The third kappa shape index (κ3) is 2.67. The molecular weight excluding hydrogens is 412 g/mol. The minimum Gasteiger partial charge on any atom is -0.294 e. The smallest absolute Gasteiger partial charge is 0.273 e. The average molecular weight is 422 g/mol. The number of benzene rings is 1. The van der Waals surface area contributed by atoms with E-state index in [9.17, 15) is 8.42 Å². The molecule has 2 N–H and O–H groups in total. The van der Waals surface area contributed by atoms with Gasteiger partial charge in [0, 0.05) is 20.6 Å². The maximum atomic E-state index is 11.6. The Bertz CT molecular complexity index is 763. The topological polar surface area (TPSA) is 90.9 Å². The van der Waals surface area contributed by atoms with Crippen LogP contribution in [0.1, 0.15) is 18.9 Å². The van der Waals surface area contributed by atoms with E-state index in [1.165, 1.54) is 0 Å². The Labute approximate surface area is 132 Å². The van der Waals surface area contributed by atoms with E-state index in [1.54, 1.807) is 4.57 Å². The Morgan fingerprint density at radius 2 is 1.75 bits per heavy atom. The van der Waals surface area contributed by atoms with Crippen molar-refractivity contribution >= 4 is 41.9 Å². The van der Waals surface area contributed by atoms with E-state index >= 15 is 0 Å². The lowest BCUT2D eigenvalue weighted by atomic mass is 10.2. The van der Waals surface area contributed by atoms with Crippen molar-refractivity contribution in [2.45, 2.75) is 24.0 Å². The molecule has 0 unspecified atom stereocenters. The lowest BCUT2D eigenvalue weighted by molar-refractivity contribution is 0.567. The standard InChI is InChI=1S/C11H10Br2N4O2S/c12-7-3-6(4-8(13)5-7)10-15-16-11(20(14,18)19)17(10)9-1-2-9/h3-5,9H,1-2H2,(H2,14,18,19). The summed E-state index contributed by atoms with van der Waals surface area (Å²) in [6.45, 7) is 0. The molecule has 0 atom stereocenters. The van der Waals surface area contributed by atoms with Gasteiger partial charge >= 0.3 is 0 Å². The molecule has 0 aliphatic heterocycles. The third-order valence-corrected chi connectivity index (χ3v) is 4.65.